The van der Waals surface area contributed by atoms with Crippen molar-refractivity contribution in [3.8, 4) is 17.3 Å². The molecule has 2 heterocycles. The number of rotatable bonds is 4. The van der Waals surface area contributed by atoms with Crippen LogP contribution in [0.4, 0.5) is 0 Å². The molecule has 1 saturated heterocycles. The van der Waals surface area contributed by atoms with Crippen molar-refractivity contribution in [2.45, 2.75) is 41.1 Å². The summed E-state index contributed by atoms with van der Waals surface area (Å²) in [4.78, 5) is 2.33. The maximum atomic E-state index is 9.92. The van der Waals surface area contributed by atoms with E-state index >= 15 is 0 Å². The predicted octanol–water partition coefficient (Wildman–Crippen LogP) is 5.20. The Morgan fingerprint density at radius 2 is 2.00 bits per heavy atom. The van der Waals surface area contributed by atoms with Crippen LogP contribution in [0.1, 0.15) is 25.3 Å². The Hall–Kier alpha value is -2.55. The van der Waals surface area contributed by atoms with Gasteiger partial charge in [-0.2, -0.15) is 10.4 Å². The first kappa shape index (κ1) is 18.8. The SMILES string of the molecule is C[C@@H]1C[C@@](C#N)(c2cccc(Sc3ccc(-c4ccnn4C)cc3)c2)CCO1. The summed E-state index contributed by atoms with van der Waals surface area (Å²) in [6.45, 7) is 2.69. The number of aryl methyl sites for hydroxylation is 1. The normalized spacial score (nSPS) is 22.0. The highest BCUT2D eigenvalue weighted by Crippen LogP contribution is 2.39. The molecule has 2 atom stereocenters. The fraction of sp³-hybridized carbons (Fsp3) is 0.304. The lowest BCUT2D eigenvalue weighted by atomic mass is 9.74. The summed E-state index contributed by atoms with van der Waals surface area (Å²) in [6, 6.07) is 21.5. The van der Waals surface area contributed by atoms with Crippen LogP contribution in [0.15, 0.2) is 70.6 Å². The minimum atomic E-state index is -0.447. The van der Waals surface area contributed by atoms with E-state index in [-0.39, 0.29) is 6.10 Å². The summed E-state index contributed by atoms with van der Waals surface area (Å²) in [7, 11) is 1.95. The van der Waals surface area contributed by atoms with Crippen molar-refractivity contribution >= 4 is 11.8 Å². The molecule has 4 nitrogen and oxygen atoms in total. The van der Waals surface area contributed by atoms with E-state index in [1.807, 2.05) is 30.9 Å². The molecule has 5 heteroatoms. The first-order chi connectivity index (χ1) is 13.6. The van der Waals surface area contributed by atoms with E-state index < -0.39 is 5.41 Å². The van der Waals surface area contributed by atoms with Crippen LogP contribution in [0.3, 0.4) is 0 Å². The van der Waals surface area contributed by atoms with Crippen LogP contribution in [-0.4, -0.2) is 22.5 Å². The van der Waals surface area contributed by atoms with Crippen LogP contribution in [0, 0.1) is 11.3 Å². The molecule has 142 valence electrons. The zero-order chi connectivity index (χ0) is 19.6. The molecule has 0 spiro atoms. The minimum Gasteiger partial charge on any atom is -0.378 e. The number of hydrogen-bond donors (Lipinski definition) is 0. The Morgan fingerprint density at radius 1 is 1.18 bits per heavy atom. The number of hydrogen-bond acceptors (Lipinski definition) is 4. The van der Waals surface area contributed by atoms with Crippen molar-refractivity contribution in [1.29, 1.82) is 5.26 Å². The van der Waals surface area contributed by atoms with Crippen LogP contribution in [0.25, 0.3) is 11.3 Å². The van der Waals surface area contributed by atoms with Gasteiger partial charge in [-0.25, -0.2) is 0 Å². The average molecular weight is 390 g/mol. The highest BCUT2D eigenvalue weighted by molar-refractivity contribution is 7.99. The molecule has 0 amide bonds. The van der Waals surface area contributed by atoms with E-state index in [0.29, 0.717) is 6.61 Å². The molecule has 1 aliphatic heterocycles. The Labute approximate surface area is 170 Å². The smallest absolute Gasteiger partial charge is 0.0869 e. The van der Waals surface area contributed by atoms with Gasteiger partial charge in [-0.05, 0) is 61.2 Å². The molecule has 1 aliphatic rings. The lowest BCUT2D eigenvalue weighted by Gasteiger charge is -2.35. The second-order valence-corrected chi connectivity index (χ2v) is 8.47. The molecule has 0 bridgehead atoms. The van der Waals surface area contributed by atoms with Crippen molar-refractivity contribution in [2.75, 3.05) is 6.61 Å². The summed E-state index contributed by atoms with van der Waals surface area (Å²) in [6.07, 6.45) is 3.42. The van der Waals surface area contributed by atoms with Gasteiger partial charge in [0.2, 0.25) is 0 Å². The third-order valence-electron chi connectivity index (χ3n) is 5.37. The maximum Gasteiger partial charge on any atom is 0.0869 e. The van der Waals surface area contributed by atoms with Gasteiger partial charge in [-0.15, -0.1) is 0 Å². The maximum absolute atomic E-state index is 9.92. The summed E-state index contributed by atoms with van der Waals surface area (Å²) in [5, 5.41) is 14.2. The molecule has 28 heavy (non-hydrogen) atoms. The monoisotopic (exact) mass is 389 g/mol. The number of ether oxygens (including phenoxy) is 1. The van der Waals surface area contributed by atoms with E-state index in [0.717, 1.165) is 34.6 Å². The molecular weight excluding hydrogens is 366 g/mol. The van der Waals surface area contributed by atoms with Gasteiger partial charge < -0.3 is 4.74 Å². The fourth-order valence-electron chi connectivity index (χ4n) is 3.86. The summed E-state index contributed by atoms with van der Waals surface area (Å²) < 4.78 is 7.55. The second kappa shape index (κ2) is 7.83. The van der Waals surface area contributed by atoms with E-state index in [4.69, 9.17) is 4.74 Å². The lowest BCUT2D eigenvalue weighted by Crippen LogP contribution is -2.36. The third kappa shape index (κ3) is 3.71. The molecular formula is C23H23N3OS. The van der Waals surface area contributed by atoms with E-state index in [2.05, 4.69) is 59.7 Å². The van der Waals surface area contributed by atoms with E-state index in [1.165, 1.54) is 4.90 Å². The molecule has 0 saturated carbocycles. The van der Waals surface area contributed by atoms with Crippen molar-refractivity contribution in [1.82, 2.24) is 9.78 Å². The lowest BCUT2D eigenvalue weighted by molar-refractivity contribution is 0.00349. The van der Waals surface area contributed by atoms with E-state index in [1.54, 1.807) is 11.8 Å². The number of nitrogens with zero attached hydrogens (tertiary/aromatic N) is 3. The molecule has 0 radical (unpaired) electrons. The summed E-state index contributed by atoms with van der Waals surface area (Å²) in [5.41, 5.74) is 2.90. The molecule has 3 aromatic rings. The van der Waals surface area contributed by atoms with Crippen molar-refractivity contribution in [3.63, 3.8) is 0 Å². The first-order valence-corrected chi connectivity index (χ1v) is 10.3. The first-order valence-electron chi connectivity index (χ1n) is 9.49. The van der Waals surface area contributed by atoms with Crippen LogP contribution >= 0.6 is 11.8 Å². The Bertz CT molecular complexity index is 1010. The molecule has 2 aromatic carbocycles. The van der Waals surface area contributed by atoms with Gasteiger partial charge in [0.05, 0.1) is 23.3 Å². The Balaban J connectivity index is 1.55. The topological polar surface area (TPSA) is 50.8 Å². The number of aromatic nitrogens is 2. The molecule has 1 aromatic heterocycles. The standard InChI is InChI=1S/C23H23N3OS/c1-17-15-23(16-24,11-13-27-17)19-4-3-5-21(14-19)28-20-8-6-18(7-9-20)22-10-12-25-26(22)2/h3-10,12,14,17H,11,13,15H2,1-2H3/t17-,23+/m1/s1. The Kier molecular flexibility index (Phi) is 5.25. The largest absolute Gasteiger partial charge is 0.378 e. The van der Waals surface area contributed by atoms with Crippen molar-refractivity contribution in [2.24, 2.45) is 7.05 Å². The van der Waals surface area contributed by atoms with Gasteiger partial charge in [0.15, 0.2) is 0 Å². The van der Waals surface area contributed by atoms with Crippen molar-refractivity contribution < 1.29 is 4.74 Å². The fourth-order valence-corrected chi connectivity index (χ4v) is 4.74. The number of nitriles is 1. The van der Waals surface area contributed by atoms with Gasteiger partial charge in [0.25, 0.3) is 0 Å². The van der Waals surface area contributed by atoms with Gasteiger partial charge in [0, 0.05) is 29.6 Å². The molecule has 0 aliphatic carbocycles. The van der Waals surface area contributed by atoms with Gasteiger partial charge in [-0.1, -0.05) is 36.0 Å². The molecule has 0 N–H and O–H groups in total. The molecule has 0 unspecified atom stereocenters. The van der Waals surface area contributed by atoms with Crippen molar-refractivity contribution in [3.05, 3.63) is 66.4 Å². The Morgan fingerprint density at radius 3 is 2.68 bits per heavy atom. The second-order valence-electron chi connectivity index (χ2n) is 7.32. The minimum absolute atomic E-state index is 0.115. The van der Waals surface area contributed by atoms with Crippen LogP contribution in [-0.2, 0) is 17.2 Å². The van der Waals surface area contributed by atoms with Gasteiger partial charge in [-0.3, -0.25) is 4.68 Å². The quantitative estimate of drug-likeness (QED) is 0.615. The van der Waals surface area contributed by atoms with Crippen LogP contribution in [0.2, 0.25) is 0 Å². The van der Waals surface area contributed by atoms with Gasteiger partial charge in [0.1, 0.15) is 0 Å². The van der Waals surface area contributed by atoms with Gasteiger partial charge >= 0.3 is 0 Å². The van der Waals surface area contributed by atoms with E-state index in [9.17, 15) is 5.26 Å². The van der Waals surface area contributed by atoms with Crippen LogP contribution < -0.4 is 0 Å². The highest BCUT2D eigenvalue weighted by atomic mass is 32.2. The average Bonchev–Trinajstić information content (AvgIpc) is 3.14. The zero-order valence-corrected chi connectivity index (χ0v) is 16.9. The highest BCUT2D eigenvalue weighted by Gasteiger charge is 2.37. The molecule has 4 rings (SSSR count). The van der Waals surface area contributed by atoms with Crippen LogP contribution in [0.5, 0.6) is 0 Å². The zero-order valence-electron chi connectivity index (χ0n) is 16.1. The summed E-state index contributed by atoms with van der Waals surface area (Å²) >= 11 is 1.72. The number of benzene rings is 2. The predicted molar refractivity (Wildman–Crippen MR) is 111 cm³/mol. The molecule has 1 fully saturated rings. The summed E-state index contributed by atoms with van der Waals surface area (Å²) in [5.74, 6) is 0. The third-order valence-corrected chi connectivity index (χ3v) is 6.37.